The number of anilines is 1. The number of carboxylic acids is 1. The van der Waals surface area contributed by atoms with Gasteiger partial charge in [-0.25, -0.2) is 9.78 Å². The van der Waals surface area contributed by atoms with Crippen LogP contribution in [0.25, 0.3) is 0 Å². The minimum absolute atomic E-state index is 0.0309. The minimum Gasteiger partial charge on any atom is -0.495 e. The van der Waals surface area contributed by atoms with E-state index >= 15 is 0 Å². The van der Waals surface area contributed by atoms with Gasteiger partial charge in [-0.05, 0) is 30.3 Å². The van der Waals surface area contributed by atoms with E-state index in [9.17, 15) is 9.59 Å². The molecule has 0 fully saturated rings. The van der Waals surface area contributed by atoms with E-state index in [0.29, 0.717) is 5.75 Å². The number of aromatic nitrogens is 1. The van der Waals surface area contributed by atoms with E-state index in [1.165, 1.54) is 37.6 Å². The standard InChI is InChI=1S/C14H11ClN2O4/c1-21-11-5-4-8(14(19)20)7-10(11)17-13(18)9-3-2-6-16-12(9)15/h2-7H,1H3,(H,17,18)(H,19,20). The summed E-state index contributed by atoms with van der Waals surface area (Å²) in [7, 11) is 1.42. The van der Waals surface area contributed by atoms with Crippen molar-refractivity contribution in [2.45, 2.75) is 0 Å². The van der Waals surface area contributed by atoms with E-state index in [2.05, 4.69) is 10.3 Å². The number of rotatable bonds is 4. The molecular formula is C14H11ClN2O4. The molecule has 1 aromatic heterocycles. The number of ether oxygens (including phenoxy) is 1. The maximum Gasteiger partial charge on any atom is 0.335 e. The van der Waals surface area contributed by atoms with Gasteiger partial charge in [0.15, 0.2) is 0 Å². The molecule has 1 aromatic carbocycles. The van der Waals surface area contributed by atoms with E-state index in [0.717, 1.165) is 0 Å². The van der Waals surface area contributed by atoms with Crippen LogP contribution in [-0.2, 0) is 0 Å². The highest BCUT2D eigenvalue weighted by Crippen LogP contribution is 2.26. The van der Waals surface area contributed by atoms with Crippen LogP contribution in [0.15, 0.2) is 36.5 Å². The van der Waals surface area contributed by atoms with Crippen LogP contribution >= 0.6 is 11.6 Å². The fourth-order valence-electron chi connectivity index (χ4n) is 1.68. The van der Waals surface area contributed by atoms with Crippen molar-refractivity contribution in [2.24, 2.45) is 0 Å². The van der Waals surface area contributed by atoms with Crippen LogP contribution in [0.5, 0.6) is 5.75 Å². The first-order chi connectivity index (χ1) is 10.0. The number of hydrogen-bond donors (Lipinski definition) is 2. The van der Waals surface area contributed by atoms with Crippen molar-refractivity contribution in [1.82, 2.24) is 4.98 Å². The fourth-order valence-corrected chi connectivity index (χ4v) is 1.89. The summed E-state index contributed by atoms with van der Waals surface area (Å²) >= 11 is 5.84. The molecule has 1 amide bonds. The molecule has 0 aliphatic heterocycles. The maximum atomic E-state index is 12.1. The van der Waals surface area contributed by atoms with Crippen LogP contribution in [0, 0.1) is 0 Å². The highest BCUT2D eigenvalue weighted by molar-refractivity contribution is 6.33. The highest BCUT2D eigenvalue weighted by atomic mass is 35.5. The molecule has 0 bridgehead atoms. The van der Waals surface area contributed by atoms with Crippen molar-refractivity contribution in [3.05, 3.63) is 52.8 Å². The zero-order valence-electron chi connectivity index (χ0n) is 11.0. The summed E-state index contributed by atoms with van der Waals surface area (Å²) in [5.41, 5.74) is 0.452. The number of carbonyl (C=O) groups is 2. The lowest BCUT2D eigenvalue weighted by Crippen LogP contribution is -2.14. The van der Waals surface area contributed by atoms with Crippen molar-refractivity contribution in [2.75, 3.05) is 12.4 Å². The molecule has 1 heterocycles. The van der Waals surface area contributed by atoms with Gasteiger partial charge < -0.3 is 15.2 Å². The molecular weight excluding hydrogens is 296 g/mol. The Labute approximate surface area is 125 Å². The third kappa shape index (κ3) is 3.29. The lowest BCUT2D eigenvalue weighted by atomic mass is 10.1. The summed E-state index contributed by atoms with van der Waals surface area (Å²) in [4.78, 5) is 26.9. The predicted molar refractivity (Wildman–Crippen MR) is 77.2 cm³/mol. The molecule has 0 atom stereocenters. The molecule has 0 aliphatic rings. The second-order valence-corrected chi connectivity index (χ2v) is 4.37. The Balaban J connectivity index is 2.34. The van der Waals surface area contributed by atoms with Crippen LogP contribution in [0.3, 0.4) is 0 Å². The lowest BCUT2D eigenvalue weighted by Gasteiger charge is -2.11. The number of carboxylic acid groups (broad SMARTS) is 1. The van der Waals surface area contributed by atoms with Crippen molar-refractivity contribution in [3.8, 4) is 5.75 Å². The van der Waals surface area contributed by atoms with Gasteiger partial charge in [0.2, 0.25) is 0 Å². The average Bonchev–Trinajstić information content (AvgIpc) is 2.47. The van der Waals surface area contributed by atoms with E-state index in [1.807, 2.05) is 0 Å². The Kier molecular flexibility index (Phi) is 4.39. The summed E-state index contributed by atoms with van der Waals surface area (Å²) < 4.78 is 5.09. The third-order valence-electron chi connectivity index (χ3n) is 2.70. The van der Waals surface area contributed by atoms with Crippen LogP contribution in [-0.4, -0.2) is 29.1 Å². The summed E-state index contributed by atoms with van der Waals surface area (Å²) in [6, 6.07) is 7.24. The fraction of sp³-hybridized carbons (Fsp3) is 0.0714. The molecule has 108 valence electrons. The number of carbonyl (C=O) groups excluding carboxylic acids is 1. The van der Waals surface area contributed by atoms with Gasteiger partial charge in [-0.3, -0.25) is 4.79 Å². The first kappa shape index (κ1) is 14.8. The van der Waals surface area contributed by atoms with E-state index < -0.39 is 11.9 Å². The SMILES string of the molecule is COc1ccc(C(=O)O)cc1NC(=O)c1cccnc1Cl. The summed E-state index contributed by atoms with van der Waals surface area (Å²) in [6.45, 7) is 0. The largest absolute Gasteiger partial charge is 0.495 e. The number of nitrogens with zero attached hydrogens (tertiary/aromatic N) is 1. The van der Waals surface area contributed by atoms with Gasteiger partial charge >= 0.3 is 5.97 Å². The van der Waals surface area contributed by atoms with Gasteiger partial charge in [-0.15, -0.1) is 0 Å². The van der Waals surface area contributed by atoms with Gasteiger partial charge in [-0.1, -0.05) is 11.6 Å². The molecule has 0 spiro atoms. The topological polar surface area (TPSA) is 88.5 Å². The summed E-state index contributed by atoms with van der Waals surface area (Å²) in [5, 5.41) is 11.6. The third-order valence-corrected chi connectivity index (χ3v) is 3.00. The monoisotopic (exact) mass is 306 g/mol. The smallest absolute Gasteiger partial charge is 0.335 e. The molecule has 0 radical (unpaired) electrons. The summed E-state index contributed by atoms with van der Waals surface area (Å²) in [6.07, 6.45) is 1.46. The van der Waals surface area contributed by atoms with Gasteiger partial charge in [0.1, 0.15) is 10.9 Å². The molecule has 0 aliphatic carbocycles. The van der Waals surface area contributed by atoms with E-state index in [-0.39, 0.29) is 22.0 Å². The molecule has 21 heavy (non-hydrogen) atoms. The van der Waals surface area contributed by atoms with Crippen molar-refractivity contribution < 1.29 is 19.4 Å². The number of pyridine rings is 1. The molecule has 0 unspecified atom stereocenters. The van der Waals surface area contributed by atoms with Crippen molar-refractivity contribution >= 4 is 29.2 Å². The maximum absolute atomic E-state index is 12.1. The van der Waals surface area contributed by atoms with Gasteiger partial charge in [0.05, 0.1) is 23.9 Å². The van der Waals surface area contributed by atoms with Crippen LogP contribution in [0.4, 0.5) is 5.69 Å². The second-order valence-electron chi connectivity index (χ2n) is 4.02. The highest BCUT2D eigenvalue weighted by Gasteiger charge is 2.15. The van der Waals surface area contributed by atoms with Crippen molar-refractivity contribution in [3.63, 3.8) is 0 Å². The van der Waals surface area contributed by atoms with Gasteiger partial charge in [-0.2, -0.15) is 0 Å². The Morgan fingerprint density at radius 3 is 2.71 bits per heavy atom. The Morgan fingerprint density at radius 2 is 2.10 bits per heavy atom. The number of aromatic carboxylic acids is 1. The summed E-state index contributed by atoms with van der Waals surface area (Å²) in [5.74, 6) is -1.27. The molecule has 2 rings (SSSR count). The molecule has 6 nitrogen and oxygen atoms in total. The number of nitrogens with one attached hydrogen (secondary N) is 1. The van der Waals surface area contributed by atoms with Crippen LogP contribution in [0.2, 0.25) is 5.15 Å². The Bertz CT molecular complexity index is 703. The number of benzene rings is 1. The number of halogens is 1. The van der Waals surface area contributed by atoms with E-state index in [1.54, 1.807) is 6.07 Å². The quantitative estimate of drug-likeness (QED) is 0.848. The number of amides is 1. The van der Waals surface area contributed by atoms with Crippen molar-refractivity contribution in [1.29, 1.82) is 0 Å². The number of hydrogen-bond acceptors (Lipinski definition) is 4. The Morgan fingerprint density at radius 1 is 1.33 bits per heavy atom. The molecule has 0 saturated carbocycles. The first-order valence-electron chi connectivity index (χ1n) is 5.86. The first-order valence-corrected chi connectivity index (χ1v) is 6.24. The minimum atomic E-state index is -1.10. The zero-order chi connectivity index (χ0) is 15.4. The van der Waals surface area contributed by atoms with Crippen LogP contribution in [0.1, 0.15) is 20.7 Å². The Hall–Kier alpha value is -2.60. The molecule has 2 N–H and O–H groups in total. The van der Waals surface area contributed by atoms with E-state index in [4.69, 9.17) is 21.4 Å². The second kappa shape index (κ2) is 6.23. The van der Waals surface area contributed by atoms with Gasteiger partial charge in [0.25, 0.3) is 5.91 Å². The predicted octanol–water partition coefficient (Wildman–Crippen LogP) is 2.69. The average molecular weight is 307 g/mol. The van der Waals surface area contributed by atoms with Crippen LogP contribution < -0.4 is 10.1 Å². The number of methoxy groups -OCH3 is 1. The van der Waals surface area contributed by atoms with Gasteiger partial charge in [0, 0.05) is 6.20 Å². The normalized spacial score (nSPS) is 10.0. The molecule has 0 saturated heterocycles. The molecule has 2 aromatic rings. The zero-order valence-corrected chi connectivity index (χ0v) is 11.7. The molecule has 7 heteroatoms. The lowest BCUT2D eigenvalue weighted by molar-refractivity contribution is 0.0696.